The summed E-state index contributed by atoms with van der Waals surface area (Å²) in [6.45, 7) is 2.03. The first-order valence-corrected chi connectivity index (χ1v) is 5.95. The first-order chi connectivity index (χ1) is 9.20. The number of aryl methyl sites for hydroxylation is 1. The standard InChI is InChI=1S/C15H12N4/c1-10-5-7-12(8-6-10)19-13-4-2-3-11(9-16)14(13)18-15(19)17/h2-8H,1H3,(H2,17,18). The molecule has 4 nitrogen and oxygen atoms in total. The summed E-state index contributed by atoms with van der Waals surface area (Å²) in [4.78, 5) is 4.30. The number of aromatic nitrogens is 2. The molecule has 4 heteroatoms. The van der Waals surface area contributed by atoms with E-state index in [0.717, 1.165) is 11.2 Å². The molecule has 0 saturated heterocycles. The van der Waals surface area contributed by atoms with Gasteiger partial charge in [-0.1, -0.05) is 23.8 Å². The Labute approximate surface area is 110 Å². The third-order valence-corrected chi connectivity index (χ3v) is 3.12. The molecule has 3 rings (SSSR count). The van der Waals surface area contributed by atoms with Crippen LogP contribution in [0, 0.1) is 18.3 Å². The van der Waals surface area contributed by atoms with Gasteiger partial charge in [0.25, 0.3) is 0 Å². The fourth-order valence-corrected chi connectivity index (χ4v) is 2.17. The van der Waals surface area contributed by atoms with Gasteiger partial charge in [-0.25, -0.2) is 4.98 Å². The molecule has 0 atom stereocenters. The highest BCUT2D eigenvalue weighted by Gasteiger charge is 2.12. The number of benzene rings is 2. The Morgan fingerprint density at radius 1 is 1.16 bits per heavy atom. The van der Waals surface area contributed by atoms with Gasteiger partial charge < -0.3 is 5.73 Å². The van der Waals surface area contributed by atoms with E-state index in [9.17, 15) is 0 Å². The van der Waals surface area contributed by atoms with E-state index in [1.807, 2.05) is 47.9 Å². The van der Waals surface area contributed by atoms with Gasteiger partial charge in [-0.2, -0.15) is 5.26 Å². The first-order valence-electron chi connectivity index (χ1n) is 5.95. The van der Waals surface area contributed by atoms with Crippen LogP contribution in [0.1, 0.15) is 11.1 Å². The van der Waals surface area contributed by atoms with Crippen molar-refractivity contribution in [1.29, 1.82) is 5.26 Å². The number of fused-ring (bicyclic) bond motifs is 1. The third-order valence-electron chi connectivity index (χ3n) is 3.12. The molecular weight excluding hydrogens is 236 g/mol. The molecule has 0 aliphatic rings. The van der Waals surface area contributed by atoms with E-state index >= 15 is 0 Å². The summed E-state index contributed by atoms with van der Waals surface area (Å²) in [5.74, 6) is 0.390. The topological polar surface area (TPSA) is 67.6 Å². The molecule has 3 aromatic rings. The fourth-order valence-electron chi connectivity index (χ4n) is 2.17. The molecule has 92 valence electrons. The molecule has 2 aromatic carbocycles. The van der Waals surface area contributed by atoms with E-state index in [2.05, 4.69) is 11.1 Å². The van der Waals surface area contributed by atoms with Crippen molar-refractivity contribution in [1.82, 2.24) is 9.55 Å². The maximum absolute atomic E-state index is 9.10. The number of nitrogen functional groups attached to an aromatic ring is 1. The van der Waals surface area contributed by atoms with Crippen LogP contribution in [0.15, 0.2) is 42.5 Å². The number of para-hydroxylation sites is 1. The number of hydrogen-bond donors (Lipinski definition) is 1. The highest BCUT2D eigenvalue weighted by Crippen LogP contribution is 2.25. The van der Waals surface area contributed by atoms with Crippen LogP contribution in [0.3, 0.4) is 0 Å². The molecule has 0 aliphatic heterocycles. The fraction of sp³-hybridized carbons (Fsp3) is 0.0667. The number of imidazole rings is 1. The molecule has 0 unspecified atom stereocenters. The minimum Gasteiger partial charge on any atom is -0.369 e. The van der Waals surface area contributed by atoms with Crippen molar-refractivity contribution >= 4 is 17.0 Å². The zero-order chi connectivity index (χ0) is 13.4. The highest BCUT2D eigenvalue weighted by molar-refractivity contribution is 5.85. The predicted octanol–water partition coefficient (Wildman–Crippen LogP) is 2.79. The highest BCUT2D eigenvalue weighted by atomic mass is 15.2. The molecular formula is C15H12N4. The molecule has 0 fully saturated rings. The second-order valence-electron chi connectivity index (χ2n) is 4.43. The van der Waals surface area contributed by atoms with Crippen LogP contribution < -0.4 is 5.73 Å². The molecule has 0 aliphatic carbocycles. The van der Waals surface area contributed by atoms with Crippen LogP contribution in [0.25, 0.3) is 16.7 Å². The summed E-state index contributed by atoms with van der Waals surface area (Å²) >= 11 is 0. The molecule has 0 bridgehead atoms. The molecule has 0 radical (unpaired) electrons. The van der Waals surface area contributed by atoms with Crippen molar-refractivity contribution in [2.75, 3.05) is 5.73 Å². The van der Waals surface area contributed by atoms with Gasteiger partial charge >= 0.3 is 0 Å². The van der Waals surface area contributed by atoms with Gasteiger partial charge in [-0.15, -0.1) is 0 Å². The Morgan fingerprint density at radius 3 is 2.58 bits per heavy atom. The molecule has 19 heavy (non-hydrogen) atoms. The van der Waals surface area contributed by atoms with Gasteiger partial charge in [0.15, 0.2) is 0 Å². The van der Waals surface area contributed by atoms with E-state index in [0.29, 0.717) is 17.0 Å². The second kappa shape index (κ2) is 4.14. The van der Waals surface area contributed by atoms with Gasteiger partial charge in [-0.3, -0.25) is 4.57 Å². The van der Waals surface area contributed by atoms with Crippen LogP contribution in [0.5, 0.6) is 0 Å². The van der Waals surface area contributed by atoms with Crippen molar-refractivity contribution in [2.24, 2.45) is 0 Å². The Balaban J connectivity index is 2.33. The SMILES string of the molecule is Cc1ccc(-n2c(N)nc3c(C#N)cccc32)cc1. The lowest BCUT2D eigenvalue weighted by Gasteiger charge is -2.06. The third kappa shape index (κ3) is 1.72. The maximum atomic E-state index is 9.10. The lowest BCUT2D eigenvalue weighted by atomic mass is 10.2. The van der Waals surface area contributed by atoms with Crippen molar-refractivity contribution in [3.8, 4) is 11.8 Å². The van der Waals surface area contributed by atoms with Gasteiger partial charge in [0, 0.05) is 5.69 Å². The Bertz CT molecular complexity index is 791. The molecule has 0 saturated carbocycles. The van der Waals surface area contributed by atoms with E-state index in [1.165, 1.54) is 5.56 Å². The number of rotatable bonds is 1. The smallest absolute Gasteiger partial charge is 0.205 e. The molecule has 2 N–H and O–H groups in total. The van der Waals surface area contributed by atoms with Crippen molar-refractivity contribution < 1.29 is 0 Å². The zero-order valence-electron chi connectivity index (χ0n) is 10.5. The minimum absolute atomic E-state index is 0.390. The first kappa shape index (κ1) is 11.3. The van der Waals surface area contributed by atoms with Crippen molar-refractivity contribution in [3.05, 3.63) is 53.6 Å². The molecule has 0 amide bonds. The number of hydrogen-bond acceptors (Lipinski definition) is 3. The monoisotopic (exact) mass is 248 g/mol. The number of nitriles is 1. The number of nitrogens with zero attached hydrogens (tertiary/aromatic N) is 3. The van der Waals surface area contributed by atoms with Crippen molar-refractivity contribution in [3.63, 3.8) is 0 Å². The summed E-state index contributed by atoms with van der Waals surface area (Å²) in [6.07, 6.45) is 0. The van der Waals surface area contributed by atoms with E-state index in [1.54, 1.807) is 6.07 Å². The Kier molecular flexibility index (Phi) is 2.46. The number of anilines is 1. The Hall–Kier alpha value is -2.80. The molecule has 0 spiro atoms. The summed E-state index contributed by atoms with van der Waals surface area (Å²) < 4.78 is 1.86. The average molecular weight is 248 g/mol. The Morgan fingerprint density at radius 2 is 1.89 bits per heavy atom. The predicted molar refractivity (Wildman–Crippen MR) is 74.9 cm³/mol. The van der Waals surface area contributed by atoms with Crippen LogP contribution in [-0.4, -0.2) is 9.55 Å². The van der Waals surface area contributed by atoms with Gasteiger partial charge in [0.2, 0.25) is 5.95 Å². The normalized spacial score (nSPS) is 10.5. The van der Waals surface area contributed by atoms with E-state index < -0.39 is 0 Å². The van der Waals surface area contributed by atoms with Crippen LogP contribution >= 0.6 is 0 Å². The van der Waals surface area contributed by atoms with E-state index in [-0.39, 0.29) is 0 Å². The number of nitrogens with two attached hydrogens (primary N) is 1. The summed E-state index contributed by atoms with van der Waals surface area (Å²) in [5.41, 5.74) is 10.1. The van der Waals surface area contributed by atoms with E-state index in [4.69, 9.17) is 11.0 Å². The van der Waals surface area contributed by atoms with Gasteiger partial charge in [0.05, 0.1) is 11.1 Å². The van der Waals surface area contributed by atoms with Gasteiger partial charge in [0.1, 0.15) is 11.6 Å². The summed E-state index contributed by atoms with van der Waals surface area (Å²) in [5, 5.41) is 9.10. The molecule has 1 aromatic heterocycles. The minimum atomic E-state index is 0.390. The maximum Gasteiger partial charge on any atom is 0.205 e. The summed E-state index contributed by atoms with van der Waals surface area (Å²) in [6, 6.07) is 15.7. The van der Waals surface area contributed by atoms with Gasteiger partial charge in [-0.05, 0) is 31.2 Å². The molecule has 1 heterocycles. The largest absolute Gasteiger partial charge is 0.369 e. The zero-order valence-corrected chi connectivity index (χ0v) is 10.5. The lowest BCUT2D eigenvalue weighted by molar-refractivity contribution is 1.11. The van der Waals surface area contributed by atoms with Crippen LogP contribution in [-0.2, 0) is 0 Å². The quantitative estimate of drug-likeness (QED) is 0.720. The van der Waals surface area contributed by atoms with Crippen LogP contribution in [0.4, 0.5) is 5.95 Å². The second-order valence-corrected chi connectivity index (χ2v) is 4.43. The van der Waals surface area contributed by atoms with Crippen molar-refractivity contribution in [2.45, 2.75) is 6.92 Å². The average Bonchev–Trinajstić information content (AvgIpc) is 2.76. The van der Waals surface area contributed by atoms with Crippen LogP contribution in [0.2, 0.25) is 0 Å². The lowest BCUT2D eigenvalue weighted by Crippen LogP contribution is -2.00. The summed E-state index contributed by atoms with van der Waals surface area (Å²) in [7, 11) is 0.